The normalized spacial score (nSPS) is 13.9. The molecule has 0 unspecified atom stereocenters. The summed E-state index contributed by atoms with van der Waals surface area (Å²) in [5, 5.41) is 15.1. The van der Waals surface area contributed by atoms with E-state index in [-0.39, 0.29) is 17.6 Å². The SMILES string of the molecule is O=C(Nc1ccccc1-c1ccccc1)OC1CCN(CCCCCCCCCNC(=O)c2ccc(F)c(O)c2)CC1. The molecule has 7 nitrogen and oxygen atoms in total. The number of halogens is 1. The highest BCUT2D eigenvalue weighted by atomic mass is 19.1. The fraction of sp³-hybridized carbons (Fsp3) is 0.412. The summed E-state index contributed by atoms with van der Waals surface area (Å²) < 4.78 is 18.9. The van der Waals surface area contributed by atoms with Gasteiger partial charge in [-0.2, -0.15) is 0 Å². The number of hydrogen-bond donors (Lipinski definition) is 3. The highest BCUT2D eigenvalue weighted by Crippen LogP contribution is 2.28. The van der Waals surface area contributed by atoms with Crippen molar-refractivity contribution in [1.29, 1.82) is 0 Å². The molecule has 1 fully saturated rings. The Morgan fingerprint density at radius 1 is 0.857 bits per heavy atom. The Labute approximate surface area is 248 Å². The van der Waals surface area contributed by atoms with E-state index in [1.54, 1.807) is 0 Å². The first-order valence-electron chi connectivity index (χ1n) is 15.1. The predicted octanol–water partition coefficient (Wildman–Crippen LogP) is 7.37. The molecule has 224 valence electrons. The van der Waals surface area contributed by atoms with Gasteiger partial charge >= 0.3 is 6.09 Å². The molecule has 0 aromatic heterocycles. The number of aromatic hydroxyl groups is 1. The quantitative estimate of drug-likeness (QED) is 0.175. The van der Waals surface area contributed by atoms with E-state index in [0.717, 1.165) is 80.7 Å². The van der Waals surface area contributed by atoms with E-state index in [2.05, 4.69) is 15.5 Å². The van der Waals surface area contributed by atoms with Crippen molar-refractivity contribution in [3.05, 3.63) is 84.2 Å². The van der Waals surface area contributed by atoms with Gasteiger partial charge in [0.15, 0.2) is 11.6 Å². The average Bonchev–Trinajstić information content (AvgIpc) is 3.01. The van der Waals surface area contributed by atoms with Gasteiger partial charge in [-0.05, 0) is 62.1 Å². The molecule has 8 heteroatoms. The third-order valence-electron chi connectivity index (χ3n) is 7.70. The van der Waals surface area contributed by atoms with Gasteiger partial charge in [-0.3, -0.25) is 10.1 Å². The van der Waals surface area contributed by atoms with Crippen molar-refractivity contribution >= 4 is 17.7 Å². The van der Waals surface area contributed by atoms with Crippen LogP contribution in [0.3, 0.4) is 0 Å². The molecule has 0 spiro atoms. The Morgan fingerprint density at radius 3 is 2.26 bits per heavy atom. The zero-order chi connectivity index (χ0) is 29.6. The molecule has 4 rings (SSSR count). The van der Waals surface area contributed by atoms with Gasteiger partial charge in [-0.1, -0.05) is 80.6 Å². The number of hydrogen-bond acceptors (Lipinski definition) is 5. The van der Waals surface area contributed by atoms with E-state index < -0.39 is 17.7 Å². The van der Waals surface area contributed by atoms with Crippen molar-refractivity contribution in [2.75, 3.05) is 31.5 Å². The molecule has 3 aromatic rings. The Balaban J connectivity index is 1.01. The number of benzene rings is 3. The summed E-state index contributed by atoms with van der Waals surface area (Å²) in [5.74, 6) is -1.54. The minimum atomic E-state index is -0.732. The number of phenols is 1. The number of nitrogens with zero attached hydrogens (tertiary/aromatic N) is 1. The lowest BCUT2D eigenvalue weighted by Crippen LogP contribution is -2.38. The number of carbonyl (C=O) groups is 2. The van der Waals surface area contributed by atoms with Crippen molar-refractivity contribution in [2.24, 2.45) is 0 Å². The van der Waals surface area contributed by atoms with Crippen LogP contribution >= 0.6 is 0 Å². The molecule has 1 aliphatic heterocycles. The lowest BCUT2D eigenvalue weighted by atomic mass is 10.0. The number of unbranched alkanes of at least 4 members (excludes halogenated alkanes) is 6. The Hall–Kier alpha value is -3.91. The number of ether oxygens (including phenoxy) is 1. The van der Waals surface area contributed by atoms with Crippen LogP contribution in [-0.2, 0) is 4.74 Å². The molecular formula is C34H42FN3O4. The van der Waals surface area contributed by atoms with Crippen molar-refractivity contribution < 1.29 is 23.8 Å². The largest absolute Gasteiger partial charge is 0.505 e. The minimum Gasteiger partial charge on any atom is -0.505 e. The van der Waals surface area contributed by atoms with Gasteiger partial charge in [-0.15, -0.1) is 0 Å². The fourth-order valence-electron chi connectivity index (χ4n) is 5.31. The van der Waals surface area contributed by atoms with Crippen LogP contribution in [0.25, 0.3) is 11.1 Å². The molecule has 1 saturated heterocycles. The highest BCUT2D eigenvalue weighted by Gasteiger charge is 2.22. The summed E-state index contributed by atoms with van der Waals surface area (Å²) in [6.07, 6.45) is 9.08. The van der Waals surface area contributed by atoms with Gasteiger partial charge in [0, 0.05) is 30.8 Å². The second-order valence-electron chi connectivity index (χ2n) is 10.9. The highest BCUT2D eigenvalue weighted by molar-refractivity contribution is 5.94. The molecule has 42 heavy (non-hydrogen) atoms. The van der Waals surface area contributed by atoms with Gasteiger partial charge in [0.25, 0.3) is 5.91 Å². The first kappa shape index (κ1) is 31.0. The lowest BCUT2D eigenvalue weighted by Gasteiger charge is -2.31. The lowest BCUT2D eigenvalue weighted by molar-refractivity contribution is 0.0584. The topological polar surface area (TPSA) is 90.9 Å². The van der Waals surface area contributed by atoms with E-state index in [4.69, 9.17) is 4.74 Å². The Kier molecular flexibility index (Phi) is 12.2. The molecule has 3 aromatic carbocycles. The number of amides is 2. The molecule has 0 saturated carbocycles. The van der Waals surface area contributed by atoms with E-state index in [1.165, 1.54) is 31.7 Å². The third-order valence-corrected chi connectivity index (χ3v) is 7.70. The van der Waals surface area contributed by atoms with Gasteiger partial charge in [0.2, 0.25) is 0 Å². The zero-order valence-electron chi connectivity index (χ0n) is 24.2. The maximum Gasteiger partial charge on any atom is 0.411 e. The molecule has 2 amide bonds. The van der Waals surface area contributed by atoms with Crippen molar-refractivity contribution in [3.8, 4) is 16.9 Å². The number of likely N-dealkylation sites (tertiary alicyclic amines) is 1. The standard InChI is InChI=1S/C34H42FN3O4/c35-30-18-17-27(25-32(30)39)33(40)36-21-11-4-2-1-3-5-12-22-38-23-19-28(20-24-38)42-34(41)37-31-16-10-9-15-29(31)26-13-7-6-8-14-26/h6-10,13-18,25,28,39H,1-5,11-12,19-24H2,(H,36,40)(H,37,41). The van der Waals surface area contributed by atoms with Gasteiger partial charge in [-0.25, -0.2) is 9.18 Å². The molecule has 0 atom stereocenters. The van der Waals surface area contributed by atoms with Crippen LogP contribution in [0, 0.1) is 5.82 Å². The van der Waals surface area contributed by atoms with E-state index in [0.29, 0.717) is 6.54 Å². The minimum absolute atomic E-state index is 0.0576. The van der Waals surface area contributed by atoms with Crippen LogP contribution in [-0.4, -0.2) is 54.3 Å². The van der Waals surface area contributed by atoms with Gasteiger partial charge < -0.3 is 20.1 Å². The molecule has 1 heterocycles. The molecular weight excluding hydrogens is 533 g/mol. The number of carbonyl (C=O) groups excluding carboxylic acids is 2. The summed E-state index contributed by atoms with van der Waals surface area (Å²) in [6, 6.07) is 21.4. The van der Waals surface area contributed by atoms with Crippen LogP contribution in [0.15, 0.2) is 72.8 Å². The van der Waals surface area contributed by atoms with Crippen LogP contribution < -0.4 is 10.6 Å². The monoisotopic (exact) mass is 575 g/mol. The van der Waals surface area contributed by atoms with Crippen molar-refractivity contribution in [1.82, 2.24) is 10.2 Å². The second-order valence-corrected chi connectivity index (χ2v) is 10.9. The summed E-state index contributed by atoms with van der Waals surface area (Å²) in [4.78, 5) is 27.2. The average molecular weight is 576 g/mol. The molecule has 0 radical (unpaired) electrons. The van der Waals surface area contributed by atoms with Crippen LogP contribution in [0.2, 0.25) is 0 Å². The number of piperidine rings is 1. The summed E-state index contributed by atoms with van der Waals surface area (Å²) in [7, 11) is 0. The number of rotatable bonds is 14. The fourth-order valence-corrected chi connectivity index (χ4v) is 5.31. The van der Waals surface area contributed by atoms with E-state index in [1.807, 2.05) is 54.6 Å². The molecule has 0 aliphatic carbocycles. The number of para-hydroxylation sites is 1. The van der Waals surface area contributed by atoms with Crippen LogP contribution in [0.5, 0.6) is 5.75 Å². The first-order chi connectivity index (χ1) is 20.5. The maximum atomic E-state index is 13.1. The van der Waals surface area contributed by atoms with Crippen molar-refractivity contribution in [3.63, 3.8) is 0 Å². The van der Waals surface area contributed by atoms with Crippen LogP contribution in [0.4, 0.5) is 14.9 Å². The summed E-state index contributed by atoms with van der Waals surface area (Å²) in [6.45, 7) is 3.54. The maximum absolute atomic E-state index is 13.1. The Bertz CT molecular complexity index is 1280. The van der Waals surface area contributed by atoms with Crippen LogP contribution in [0.1, 0.15) is 68.1 Å². The summed E-state index contributed by atoms with van der Waals surface area (Å²) in [5.41, 5.74) is 3.03. The first-order valence-corrected chi connectivity index (χ1v) is 15.1. The smallest absolute Gasteiger partial charge is 0.411 e. The predicted molar refractivity (Wildman–Crippen MR) is 164 cm³/mol. The van der Waals surface area contributed by atoms with E-state index >= 15 is 0 Å². The van der Waals surface area contributed by atoms with Gasteiger partial charge in [0.1, 0.15) is 6.10 Å². The molecule has 1 aliphatic rings. The molecule has 3 N–H and O–H groups in total. The zero-order valence-corrected chi connectivity index (χ0v) is 24.2. The summed E-state index contributed by atoms with van der Waals surface area (Å²) >= 11 is 0. The number of phenolic OH excluding ortho intramolecular Hbond substituents is 1. The number of anilines is 1. The van der Waals surface area contributed by atoms with Gasteiger partial charge in [0.05, 0.1) is 5.69 Å². The Morgan fingerprint density at radius 2 is 1.52 bits per heavy atom. The third kappa shape index (κ3) is 9.87. The molecule has 0 bridgehead atoms. The number of nitrogens with one attached hydrogen (secondary N) is 2. The van der Waals surface area contributed by atoms with Crippen molar-refractivity contribution in [2.45, 2.75) is 63.9 Å². The van der Waals surface area contributed by atoms with E-state index in [9.17, 15) is 19.1 Å². The second kappa shape index (κ2) is 16.5.